The Morgan fingerprint density at radius 3 is 2.57 bits per heavy atom. The molecule has 0 fully saturated rings. The predicted molar refractivity (Wildman–Crippen MR) is 121 cm³/mol. The highest BCUT2D eigenvalue weighted by Gasteiger charge is 2.20. The largest absolute Gasteiger partial charge is 0.483 e. The monoisotopic (exact) mass is 399 g/mol. The molecule has 1 aliphatic carbocycles. The minimum absolute atomic E-state index is 0.0185. The third kappa shape index (κ3) is 4.56. The summed E-state index contributed by atoms with van der Waals surface area (Å²) in [6, 6.07) is 22.5. The van der Waals surface area contributed by atoms with Crippen LogP contribution in [0.1, 0.15) is 52.3 Å². The van der Waals surface area contributed by atoms with E-state index in [2.05, 4.69) is 55.6 Å². The van der Waals surface area contributed by atoms with E-state index in [9.17, 15) is 4.79 Å². The predicted octanol–water partition coefficient (Wildman–Crippen LogP) is 5.47. The van der Waals surface area contributed by atoms with Crippen molar-refractivity contribution in [1.29, 1.82) is 0 Å². The Morgan fingerprint density at radius 2 is 1.77 bits per heavy atom. The van der Waals surface area contributed by atoms with Gasteiger partial charge in [-0.2, -0.15) is 0 Å². The van der Waals surface area contributed by atoms with Crippen LogP contribution in [-0.2, 0) is 17.6 Å². The molecule has 3 nitrogen and oxygen atoms in total. The maximum atomic E-state index is 12.9. The number of amides is 1. The van der Waals surface area contributed by atoms with Gasteiger partial charge >= 0.3 is 0 Å². The quantitative estimate of drug-likeness (QED) is 0.597. The van der Waals surface area contributed by atoms with Crippen molar-refractivity contribution in [2.75, 3.05) is 6.61 Å². The van der Waals surface area contributed by atoms with E-state index in [-0.39, 0.29) is 18.6 Å². The number of carbonyl (C=O) groups excluding carboxylic acids is 1. The Hall–Kier alpha value is -3.07. The fraction of sp³-hybridized carbons (Fsp3) is 0.296. The molecule has 1 amide bonds. The Morgan fingerprint density at radius 1 is 0.967 bits per heavy atom. The first-order valence-electron chi connectivity index (χ1n) is 10.8. The SMILES string of the molecule is Cc1ccc([C@H](NC(=O)COc2cccc3c2CCCC3)c2ccccc2)c(C)c1. The molecule has 0 bridgehead atoms. The van der Waals surface area contributed by atoms with Gasteiger partial charge in [0.2, 0.25) is 0 Å². The van der Waals surface area contributed by atoms with Gasteiger partial charge in [0, 0.05) is 0 Å². The zero-order valence-electron chi connectivity index (χ0n) is 17.8. The molecular formula is C27H29NO2. The second-order valence-corrected chi connectivity index (χ2v) is 8.16. The van der Waals surface area contributed by atoms with Crippen molar-refractivity contribution in [3.05, 3.63) is 100 Å². The first-order valence-corrected chi connectivity index (χ1v) is 10.8. The molecule has 3 aromatic rings. The normalized spacial score (nSPS) is 13.9. The molecule has 0 spiro atoms. The van der Waals surface area contributed by atoms with Crippen LogP contribution in [0.3, 0.4) is 0 Å². The van der Waals surface area contributed by atoms with Gasteiger partial charge in [0.05, 0.1) is 6.04 Å². The number of nitrogens with one attached hydrogen (secondary N) is 1. The molecule has 0 aromatic heterocycles. The van der Waals surface area contributed by atoms with E-state index in [1.807, 2.05) is 30.3 Å². The van der Waals surface area contributed by atoms with Crippen LogP contribution in [0.2, 0.25) is 0 Å². The van der Waals surface area contributed by atoms with Crippen molar-refractivity contribution in [3.63, 3.8) is 0 Å². The molecule has 0 aliphatic heterocycles. The second-order valence-electron chi connectivity index (χ2n) is 8.16. The van der Waals surface area contributed by atoms with Gasteiger partial charge in [-0.25, -0.2) is 0 Å². The van der Waals surface area contributed by atoms with Crippen LogP contribution in [0.5, 0.6) is 5.75 Å². The highest BCUT2D eigenvalue weighted by molar-refractivity contribution is 5.78. The van der Waals surface area contributed by atoms with Crippen LogP contribution in [0.25, 0.3) is 0 Å². The van der Waals surface area contributed by atoms with Gasteiger partial charge in [-0.15, -0.1) is 0 Å². The standard InChI is InChI=1S/C27H29NO2/c1-19-15-16-23(20(2)17-19)27(22-10-4-3-5-11-22)28-26(29)18-30-25-14-8-12-21-9-6-7-13-24(21)25/h3-5,8,10-12,14-17,27H,6-7,9,13,18H2,1-2H3,(H,28,29)/t27-/m1/s1. The molecule has 0 saturated heterocycles. The maximum Gasteiger partial charge on any atom is 0.258 e. The fourth-order valence-corrected chi connectivity index (χ4v) is 4.36. The smallest absolute Gasteiger partial charge is 0.258 e. The highest BCUT2D eigenvalue weighted by atomic mass is 16.5. The number of carbonyl (C=O) groups is 1. The van der Waals surface area contributed by atoms with E-state index in [0.29, 0.717) is 0 Å². The van der Waals surface area contributed by atoms with Crippen molar-refractivity contribution in [3.8, 4) is 5.75 Å². The molecule has 0 saturated carbocycles. The average Bonchev–Trinajstić information content (AvgIpc) is 2.77. The lowest BCUT2D eigenvalue weighted by atomic mass is 9.91. The van der Waals surface area contributed by atoms with E-state index in [1.165, 1.54) is 35.1 Å². The Balaban J connectivity index is 1.51. The number of fused-ring (bicyclic) bond motifs is 1. The number of benzene rings is 3. The van der Waals surface area contributed by atoms with Crippen molar-refractivity contribution in [2.45, 2.75) is 45.6 Å². The van der Waals surface area contributed by atoms with Crippen LogP contribution in [0, 0.1) is 13.8 Å². The molecule has 30 heavy (non-hydrogen) atoms. The fourth-order valence-electron chi connectivity index (χ4n) is 4.36. The lowest BCUT2D eigenvalue weighted by molar-refractivity contribution is -0.123. The molecule has 0 radical (unpaired) electrons. The molecule has 1 aliphatic rings. The first kappa shape index (κ1) is 20.2. The molecule has 3 heteroatoms. The summed E-state index contributed by atoms with van der Waals surface area (Å²) in [6.07, 6.45) is 4.54. The van der Waals surface area contributed by atoms with Gasteiger partial charge in [0.25, 0.3) is 5.91 Å². The molecule has 0 heterocycles. The van der Waals surface area contributed by atoms with Crippen molar-refractivity contribution in [2.24, 2.45) is 0 Å². The van der Waals surface area contributed by atoms with Gasteiger partial charge in [-0.3, -0.25) is 4.79 Å². The third-order valence-corrected chi connectivity index (χ3v) is 5.89. The lowest BCUT2D eigenvalue weighted by Crippen LogP contribution is -2.33. The summed E-state index contributed by atoms with van der Waals surface area (Å²) in [5.41, 5.74) is 7.18. The van der Waals surface area contributed by atoms with Gasteiger partial charge in [0.1, 0.15) is 5.75 Å². The molecule has 0 unspecified atom stereocenters. The molecule has 154 valence electrons. The summed E-state index contributed by atoms with van der Waals surface area (Å²) in [7, 11) is 0. The lowest BCUT2D eigenvalue weighted by Gasteiger charge is -2.23. The van der Waals surface area contributed by atoms with Crippen LogP contribution in [-0.4, -0.2) is 12.5 Å². The number of hydrogen-bond donors (Lipinski definition) is 1. The summed E-state index contributed by atoms with van der Waals surface area (Å²) < 4.78 is 5.98. The van der Waals surface area contributed by atoms with E-state index < -0.39 is 0 Å². The van der Waals surface area contributed by atoms with Crippen LogP contribution in [0.4, 0.5) is 0 Å². The molecule has 3 aromatic carbocycles. The summed E-state index contributed by atoms with van der Waals surface area (Å²) in [5.74, 6) is 0.738. The van der Waals surface area contributed by atoms with E-state index >= 15 is 0 Å². The zero-order chi connectivity index (χ0) is 20.9. The van der Waals surface area contributed by atoms with Crippen molar-refractivity contribution < 1.29 is 9.53 Å². The van der Waals surface area contributed by atoms with E-state index in [1.54, 1.807) is 0 Å². The first-order chi connectivity index (χ1) is 14.6. The summed E-state index contributed by atoms with van der Waals surface area (Å²) in [4.78, 5) is 12.9. The van der Waals surface area contributed by atoms with Crippen molar-refractivity contribution >= 4 is 5.91 Å². The van der Waals surface area contributed by atoms with Crippen LogP contribution in [0.15, 0.2) is 66.7 Å². The zero-order valence-corrected chi connectivity index (χ0v) is 17.8. The minimum atomic E-state index is -0.201. The van der Waals surface area contributed by atoms with Crippen LogP contribution >= 0.6 is 0 Å². The summed E-state index contributed by atoms with van der Waals surface area (Å²) in [6.45, 7) is 4.20. The topological polar surface area (TPSA) is 38.3 Å². The summed E-state index contributed by atoms with van der Waals surface area (Å²) in [5, 5.41) is 3.20. The van der Waals surface area contributed by atoms with E-state index in [4.69, 9.17) is 4.74 Å². The Labute approximate surface area is 179 Å². The van der Waals surface area contributed by atoms with Gasteiger partial charge in [-0.05, 0) is 73.4 Å². The number of rotatable bonds is 6. The maximum absolute atomic E-state index is 12.9. The molecule has 4 rings (SSSR count). The van der Waals surface area contributed by atoms with Gasteiger partial charge < -0.3 is 10.1 Å². The van der Waals surface area contributed by atoms with E-state index in [0.717, 1.165) is 29.7 Å². The second kappa shape index (κ2) is 9.17. The molecule has 1 atom stereocenters. The average molecular weight is 400 g/mol. The minimum Gasteiger partial charge on any atom is -0.483 e. The Bertz CT molecular complexity index is 1030. The number of ether oxygens (including phenoxy) is 1. The highest BCUT2D eigenvalue weighted by Crippen LogP contribution is 2.30. The number of hydrogen-bond acceptors (Lipinski definition) is 2. The third-order valence-electron chi connectivity index (χ3n) is 5.89. The molecular weight excluding hydrogens is 370 g/mol. The Kier molecular flexibility index (Phi) is 6.18. The molecule has 1 N–H and O–H groups in total. The summed E-state index contributed by atoms with van der Waals surface area (Å²) >= 11 is 0. The van der Waals surface area contributed by atoms with Gasteiger partial charge in [-0.1, -0.05) is 66.2 Å². The van der Waals surface area contributed by atoms with Crippen LogP contribution < -0.4 is 10.1 Å². The van der Waals surface area contributed by atoms with Gasteiger partial charge in [0.15, 0.2) is 6.61 Å². The van der Waals surface area contributed by atoms with Crippen molar-refractivity contribution in [1.82, 2.24) is 5.32 Å². The number of aryl methyl sites for hydroxylation is 3.